The van der Waals surface area contributed by atoms with Crippen LogP contribution in [-0.4, -0.2) is 18.6 Å². The third-order valence-electron chi connectivity index (χ3n) is 3.42. The van der Waals surface area contributed by atoms with Gasteiger partial charge in [-0.05, 0) is 31.0 Å². The van der Waals surface area contributed by atoms with Crippen LogP contribution in [0.2, 0.25) is 0 Å². The highest BCUT2D eigenvalue weighted by molar-refractivity contribution is 9.10. The molecule has 1 aliphatic rings. The summed E-state index contributed by atoms with van der Waals surface area (Å²) in [5, 5.41) is 5.41. The van der Waals surface area contributed by atoms with Crippen molar-refractivity contribution >= 4 is 27.9 Å². The van der Waals surface area contributed by atoms with E-state index in [1.54, 1.807) is 6.92 Å². The number of halogens is 1. The highest BCUT2D eigenvalue weighted by Crippen LogP contribution is 2.28. The largest absolute Gasteiger partial charge is 0.462 e. The van der Waals surface area contributed by atoms with Gasteiger partial charge in [0.1, 0.15) is 0 Å². The van der Waals surface area contributed by atoms with Gasteiger partial charge in [-0.25, -0.2) is 9.59 Å². The number of esters is 1. The van der Waals surface area contributed by atoms with Gasteiger partial charge in [0.15, 0.2) is 0 Å². The summed E-state index contributed by atoms with van der Waals surface area (Å²) in [5.41, 5.74) is 1.80. The Hall–Kier alpha value is -1.82. The van der Waals surface area contributed by atoms with E-state index in [9.17, 15) is 9.59 Å². The first-order valence-electron chi connectivity index (χ1n) is 7.23. The lowest BCUT2D eigenvalue weighted by atomic mass is 9.96. The molecule has 0 unspecified atom stereocenters. The molecule has 0 fully saturated rings. The molecule has 2 N–H and O–H groups in total. The van der Waals surface area contributed by atoms with Gasteiger partial charge < -0.3 is 15.4 Å². The van der Waals surface area contributed by atoms with E-state index in [2.05, 4.69) is 26.6 Å². The molecule has 118 valence electrons. The minimum absolute atomic E-state index is 0.324. The summed E-state index contributed by atoms with van der Waals surface area (Å²) in [6, 6.07) is 6.66. The van der Waals surface area contributed by atoms with E-state index in [1.165, 1.54) is 0 Å². The zero-order valence-electron chi connectivity index (χ0n) is 12.6. The summed E-state index contributed by atoms with van der Waals surface area (Å²) in [5.74, 6) is -0.397. The van der Waals surface area contributed by atoms with Crippen molar-refractivity contribution in [1.29, 1.82) is 0 Å². The molecular weight excluding hydrogens is 348 g/mol. The number of carbonyl (C=O) groups excluding carboxylic acids is 2. The fourth-order valence-corrected chi connectivity index (χ4v) is 2.52. The zero-order valence-corrected chi connectivity index (χ0v) is 14.2. The van der Waals surface area contributed by atoms with E-state index in [1.807, 2.05) is 31.2 Å². The maximum atomic E-state index is 12.4. The summed E-state index contributed by atoms with van der Waals surface area (Å²) in [7, 11) is 0. The number of rotatable bonds is 5. The molecule has 1 aromatic carbocycles. The summed E-state index contributed by atoms with van der Waals surface area (Å²) in [6.07, 6.45) is 1.78. The Bertz CT molecular complexity index is 596. The van der Waals surface area contributed by atoms with E-state index < -0.39 is 12.0 Å². The van der Waals surface area contributed by atoms with Gasteiger partial charge in [0, 0.05) is 10.2 Å². The van der Waals surface area contributed by atoms with E-state index >= 15 is 0 Å². The van der Waals surface area contributed by atoms with Gasteiger partial charge in [-0.1, -0.05) is 41.4 Å². The second kappa shape index (κ2) is 7.45. The lowest BCUT2D eigenvalue weighted by Crippen LogP contribution is -2.45. The molecule has 0 saturated carbocycles. The van der Waals surface area contributed by atoms with Crippen LogP contribution in [0.1, 0.15) is 38.3 Å². The quantitative estimate of drug-likeness (QED) is 0.619. The van der Waals surface area contributed by atoms with Crippen LogP contribution < -0.4 is 10.6 Å². The first kappa shape index (κ1) is 16.5. The average Bonchev–Trinajstić information content (AvgIpc) is 2.47. The Morgan fingerprint density at radius 2 is 2.00 bits per heavy atom. The molecule has 2 rings (SSSR count). The van der Waals surface area contributed by atoms with Gasteiger partial charge in [-0.15, -0.1) is 0 Å². The van der Waals surface area contributed by atoms with Gasteiger partial charge in [0.05, 0.1) is 18.2 Å². The normalized spacial score (nSPS) is 17.8. The van der Waals surface area contributed by atoms with E-state index in [4.69, 9.17) is 4.74 Å². The lowest BCUT2D eigenvalue weighted by Gasteiger charge is -2.28. The molecule has 0 spiro atoms. The van der Waals surface area contributed by atoms with Crippen LogP contribution >= 0.6 is 15.9 Å². The molecular formula is C16H19BrN2O3. The Labute approximate surface area is 138 Å². The molecule has 1 heterocycles. The molecule has 5 nitrogen and oxygen atoms in total. The molecule has 2 amide bonds. The summed E-state index contributed by atoms with van der Waals surface area (Å²) in [6.45, 7) is 4.12. The lowest BCUT2D eigenvalue weighted by molar-refractivity contribution is -0.139. The van der Waals surface area contributed by atoms with Crippen molar-refractivity contribution in [3.8, 4) is 0 Å². The fraction of sp³-hybridized carbons (Fsp3) is 0.375. The van der Waals surface area contributed by atoms with Crippen LogP contribution in [0.5, 0.6) is 0 Å². The molecule has 0 aliphatic carbocycles. The molecule has 22 heavy (non-hydrogen) atoms. The summed E-state index contributed by atoms with van der Waals surface area (Å²) < 4.78 is 6.24. The van der Waals surface area contributed by atoms with Crippen molar-refractivity contribution in [3.05, 3.63) is 45.6 Å². The van der Waals surface area contributed by atoms with Crippen molar-refractivity contribution in [2.45, 2.75) is 32.7 Å². The number of carbonyl (C=O) groups is 2. The van der Waals surface area contributed by atoms with Crippen LogP contribution in [-0.2, 0) is 9.53 Å². The first-order chi connectivity index (χ1) is 10.5. The van der Waals surface area contributed by atoms with E-state index in [0.717, 1.165) is 22.9 Å². The third-order valence-corrected chi connectivity index (χ3v) is 3.95. The van der Waals surface area contributed by atoms with Crippen LogP contribution in [0.3, 0.4) is 0 Å². The van der Waals surface area contributed by atoms with E-state index in [-0.39, 0.29) is 6.03 Å². The minimum atomic E-state index is -0.504. The van der Waals surface area contributed by atoms with Gasteiger partial charge in [0.25, 0.3) is 0 Å². The van der Waals surface area contributed by atoms with Crippen molar-refractivity contribution in [2.75, 3.05) is 6.61 Å². The van der Waals surface area contributed by atoms with Crippen LogP contribution in [0.4, 0.5) is 4.79 Å². The number of ether oxygens (including phenoxy) is 1. The van der Waals surface area contributed by atoms with Crippen molar-refractivity contribution < 1.29 is 14.3 Å². The standard InChI is InChI=1S/C16H19BrN2O3/c1-3-4-9-22-15(20)13-10(2)18-16(21)19-14(13)11-5-7-12(17)8-6-11/h5-8,14H,3-4,9H2,1-2H3,(H2,18,19,21)/t14-/m0/s1. The summed E-state index contributed by atoms with van der Waals surface area (Å²) >= 11 is 3.38. The molecule has 0 radical (unpaired) electrons. The molecule has 1 aromatic rings. The molecule has 6 heteroatoms. The maximum Gasteiger partial charge on any atom is 0.338 e. The topological polar surface area (TPSA) is 67.4 Å². The van der Waals surface area contributed by atoms with Gasteiger partial charge in [-0.2, -0.15) is 0 Å². The molecule has 0 bridgehead atoms. The van der Waals surface area contributed by atoms with Crippen LogP contribution in [0, 0.1) is 0 Å². The van der Waals surface area contributed by atoms with Crippen molar-refractivity contribution in [2.24, 2.45) is 0 Å². The Morgan fingerprint density at radius 1 is 1.32 bits per heavy atom. The van der Waals surface area contributed by atoms with Crippen LogP contribution in [0.15, 0.2) is 40.0 Å². The van der Waals surface area contributed by atoms with E-state index in [0.29, 0.717) is 17.9 Å². The smallest absolute Gasteiger partial charge is 0.338 e. The molecule has 1 atom stereocenters. The summed E-state index contributed by atoms with van der Waals surface area (Å²) in [4.78, 5) is 24.1. The zero-order chi connectivity index (χ0) is 16.1. The Balaban J connectivity index is 2.28. The Morgan fingerprint density at radius 3 is 2.64 bits per heavy atom. The highest BCUT2D eigenvalue weighted by atomic mass is 79.9. The highest BCUT2D eigenvalue weighted by Gasteiger charge is 2.32. The van der Waals surface area contributed by atoms with Gasteiger partial charge >= 0.3 is 12.0 Å². The Kier molecular flexibility index (Phi) is 5.60. The van der Waals surface area contributed by atoms with Crippen molar-refractivity contribution in [1.82, 2.24) is 10.6 Å². The molecule has 1 aliphatic heterocycles. The van der Waals surface area contributed by atoms with Crippen LogP contribution in [0.25, 0.3) is 0 Å². The SMILES string of the molecule is CCCCOC(=O)C1=C(C)NC(=O)N[C@H]1c1ccc(Br)cc1. The predicted molar refractivity (Wildman–Crippen MR) is 87.1 cm³/mol. The number of benzene rings is 1. The second-order valence-electron chi connectivity index (χ2n) is 5.11. The number of hydrogen-bond donors (Lipinski definition) is 2. The number of hydrogen-bond acceptors (Lipinski definition) is 3. The number of nitrogens with one attached hydrogen (secondary N) is 2. The number of amides is 2. The number of unbranched alkanes of at least 4 members (excludes halogenated alkanes) is 1. The van der Waals surface area contributed by atoms with Crippen molar-refractivity contribution in [3.63, 3.8) is 0 Å². The third kappa shape index (κ3) is 3.88. The number of allylic oxidation sites excluding steroid dienone is 1. The fourth-order valence-electron chi connectivity index (χ4n) is 2.26. The predicted octanol–water partition coefficient (Wildman–Crippen LogP) is 3.42. The monoisotopic (exact) mass is 366 g/mol. The maximum absolute atomic E-state index is 12.4. The molecule has 0 aromatic heterocycles. The van der Waals surface area contributed by atoms with Gasteiger partial charge in [-0.3, -0.25) is 0 Å². The minimum Gasteiger partial charge on any atom is -0.462 e. The average molecular weight is 367 g/mol. The second-order valence-corrected chi connectivity index (χ2v) is 6.03. The first-order valence-corrected chi connectivity index (χ1v) is 8.03. The van der Waals surface area contributed by atoms with Gasteiger partial charge in [0.2, 0.25) is 0 Å². The number of urea groups is 1. The molecule has 0 saturated heterocycles.